The van der Waals surface area contributed by atoms with E-state index in [2.05, 4.69) is 258 Å². The summed E-state index contributed by atoms with van der Waals surface area (Å²) in [5.74, 6) is 2.03. The fourth-order valence-electron chi connectivity index (χ4n) is 9.83. The molecule has 8 aromatic carbocycles. The Morgan fingerprint density at radius 2 is 1.09 bits per heavy atom. The Hall–Kier alpha value is -7.20. The number of nitrogens with zero attached hydrogens (tertiary/aromatic N) is 4. The largest absolute Gasteiger partial charge is 0.509 e. The maximum atomic E-state index is 6.75. The van der Waals surface area contributed by atoms with Crippen LogP contribution < -0.4 is 14.5 Å². The molecule has 11 rings (SSSR count). The third-order valence-electron chi connectivity index (χ3n) is 14.1. The standard InChI is InChI=1S/C64H55N4O.Pt/c1-62(2,3)48-34-35-65-61(40-48)68-59-39-49(63(4,5)46-22-13-9-14-23-46)30-32-55(59)56-33-31-54(42-60(56)68)69-53-27-19-26-51(41-53)66-43-67(58-29-18-17-28-57(58)66)52-37-45(44-20-11-8-12-21-44)36-50(38-52)64(6,7)47-24-15-10-16-25-47;/h8-40,43H,1-7H3;/q-3;. The van der Waals surface area contributed by atoms with E-state index >= 15 is 0 Å². The topological polar surface area (TPSA) is 33.5 Å². The van der Waals surface area contributed by atoms with E-state index < -0.39 is 0 Å². The van der Waals surface area contributed by atoms with Crippen LogP contribution in [0.2, 0.25) is 0 Å². The Labute approximate surface area is 427 Å². The molecule has 0 fully saturated rings. The van der Waals surface area contributed by atoms with Gasteiger partial charge in [0, 0.05) is 72.2 Å². The van der Waals surface area contributed by atoms with Crippen molar-refractivity contribution >= 4 is 44.6 Å². The molecule has 0 saturated carbocycles. The summed E-state index contributed by atoms with van der Waals surface area (Å²) >= 11 is 0. The van der Waals surface area contributed by atoms with Crippen LogP contribution in [0.15, 0.2) is 200 Å². The summed E-state index contributed by atoms with van der Waals surface area (Å²) in [6, 6.07) is 76.5. The van der Waals surface area contributed by atoms with Gasteiger partial charge in [-0.3, -0.25) is 0 Å². The summed E-state index contributed by atoms with van der Waals surface area (Å²) in [6.45, 7) is 18.1. The summed E-state index contributed by atoms with van der Waals surface area (Å²) in [7, 11) is 0. The van der Waals surface area contributed by atoms with Crippen molar-refractivity contribution in [2.45, 2.75) is 64.7 Å². The zero-order valence-electron chi connectivity index (χ0n) is 40.6. The van der Waals surface area contributed by atoms with Gasteiger partial charge >= 0.3 is 0 Å². The predicted octanol–water partition coefficient (Wildman–Crippen LogP) is 16.6. The molecule has 10 aromatic rings. The molecule has 0 N–H and O–H groups in total. The van der Waals surface area contributed by atoms with Crippen LogP contribution in [0.3, 0.4) is 0 Å². The normalized spacial score (nSPS) is 12.8. The van der Waals surface area contributed by atoms with E-state index in [0.29, 0.717) is 11.5 Å². The van der Waals surface area contributed by atoms with Crippen LogP contribution in [0.4, 0.5) is 22.7 Å². The van der Waals surface area contributed by atoms with E-state index in [1.54, 1.807) is 0 Å². The molecule has 70 heavy (non-hydrogen) atoms. The zero-order chi connectivity index (χ0) is 47.5. The van der Waals surface area contributed by atoms with Gasteiger partial charge in [-0.15, -0.1) is 48.1 Å². The number of aromatic nitrogens is 2. The minimum Gasteiger partial charge on any atom is -0.509 e. The number of hydrogen-bond donors (Lipinski definition) is 0. The second kappa shape index (κ2) is 18.3. The quantitative estimate of drug-likeness (QED) is 0.128. The number of benzene rings is 8. The number of hydrogen-bond acceptors (Lipinski definition) is 4. The third kappa shape index (κ3) is 8.51. The molecule has 0 unspecified atom stereocenters. The molecule has 0 atom stereocenters. The second-order valence-electron chi connectivity index (χ2n) is 20.3. The van der Waals surface area contributed by atoms with Crippen LogP contribution in [0.1, 0.15) is 76.3 Å². The molecule has 3 heterocycles. The SMILES string of the molecule is CC(C)(C)c1ccnc(-n2c3[c-]c(Oc4[c-]c(N5[CH-]N(c6cc(-c7ccccc7)cc(C(C)(C)c7ccccc7)c6)c6ccccc65)ccc4)ccc3c3ccc(C(C)(C)c4ccccc4)cc32)c1.[Pt]. The van der Waals surface area contributed by atoms with Crippen LogP contribution in [-0.4, -0.2) is 9.55 Å². The molecule has 2 aromatic heterocycles. The van der Waals surface area contributed by atoms with E-state index in [4.69, 9.17) is 9.72 Å². The van der Waals surface area contributed by atoms with Crippen molar-refractivity contribution in [3.8, 4) is 28.4 Å². The van der Waals surface area contributed by atoms with Crippen molar-refractivity contribution in [1.29, 1.82) is 0 Å². The van der Waals surface area contributed by atoms with Crippen LogP contribution in [0.25, 0.3) is 38.8 Å². The number of para-hydroxylation sites is 2. The first-order valence-corrected chi connectivity index (χ1v) is 23.9. The molecule has 1 aliphatic heterocycles. The first-order chi connectivity index (χ1) is 33.3. The van der Waals surface area contributed by atoms with Gasteiger partial charge in [0.25, 0.3) is 0 Å². The van der Waals surface area contributed by atoms with Crippen LogP contribution >= 0.6 is 0 Å². The molecule has 5 nitrogen and oxygen atoms in total. The van der Waals surface area contributed by atoms with Gasteiger partial charge in [0.05, 0.1) is 0 Å². The van der Waals surface area contributed by atoms with Crippen molar-refractivity contribution in [3.63, 3.8) is 0 Å². The summed E-state index contributed by atoms with van der Waals surface area (Å²) in [5, 5.41) is 2.21. The van der Waals surface area contributed by atoms with Gasteiger partial charge in [0.15, 0.2) is 0 Å². The van der Waals surface area contributed by atoms with Gasteiger partial charge in [-0.05, 0) is 92.2 Å². The molecule has 0 saturated heterocycles. The van der Waals surface area contributed by atoms with E-state index in [1.807, 2.05) is 24.4 Å². The number of anilines is 4. The van der Waals surface area contributed by atoms with Gasteiger partial charge < -0.3 is 19.1 Å². The monoisotopic (exact) mass is 1090 g/mol. The molecule has 0 amide bonds. The fraction of sp³-hybridized carbons (Fsp3) is 0.156. The van der Waals surface area contributed by atoms with Crippen molar-refractivity contribution in [3.05, 3.63) is 247 Å². The van der Waals surface area contributed by atoms with E-state index in [9.17, 15) is 0 Å². The average Bonchev–Trinajstić information content (AvgIpc) is 3.93. The smallest absolute Gasteiger partial charge is 0.135 e. The molecule has 0 spiro atoms. The van der Waals surface area contributed by atoms with E-state index in [1.165, 1.54) is 38.9 Å². The van der Waals surface area contributed by atoms with E-state index in [0.717, 1.165) is 50.4 Å². The van der Waals surface area contributed by atoms with Crippen LogP contribution in [-0.2, 0) is 37.3 Å². The number of fused-ring (bicyclic) bond motifs is 4. The molecule has 0 bridgehead atoms. The molecule has 350 valence electrons. The maximum Gasteiger partial charge on any atom is 0.135 e. The summed E-state index contributed by atoms with van der Waals surface area (Å²) in [4.78, 5) is 9.49. The average molecular weight is 1090 g/mol. The van der Waals surface area contributed by atoms with E-state index in [-0.39, 0.29) is 37.3 Å². The Morgan fingerprint density at radius 3 is 1.77 bits per heavy atom. The van der Waals surface area contributed by atoms with Crippen molar-refractivity contribution in [2.75, 3.05) is 9.80 Å². The Kier molecular flexibility index (Phi) is 12.1. The summed E-state index contributed by atoms with van der Waals surface area (Å²) in [6.07, 6.45) is 1.92. The molecular formula is C64H55N4OPt-3. The molecule has 0 radical (unpaired) electrons. The van der Waals surface area contributed by atoms with Gasteiger partial charge in [0.1, 0.15) is 5.82 Å². The maximum absolute atomic E-state index is 6.75. The number of ether oxygens (including phenoxy) is 1. The molecule has 6 heteroatoms. The first kappa shape index (κ1) is 46.5. The Balaban J connectivity index is 0.00000567. The number of rotatable bonds is 10. The molecule has 0 aliphatic carbocycles. The fourth-order valence-corrected chi connectivity index (χ4v) is 9.83. The molecular weight excluding hydrogens is 1040 g/mol. The zero-order valence-corrected chi connectivity index (χ0v) is 42.9. The van der Waals surface area contributed by atoms with Crippen molar-refractivity contribution < 1.29 is 25.8 Å². The number of pyridine rings is 1. The first-order valence-electron chi connectivity index (χ1n) is 23.9. The summed E-state index contributed by atoms with van der Waals surface area (Å²) < 4.78 is 9.00. The second-order valence-corrected chi connectivity index (χ2v) is 20.3. The predicted molar refractivity (Wildman–Crippen MR) is 286 cm³/mol. The van der Waals surface area contributed by atoms with Crippen molar-refractivity contribution in [2.24, 2.45) is 0 Å². The van der Waals surface area contributed by atoms with Gasteiger partial charge in [0.2, 0.25) is 0 Å². The summed E-state index contributed by atoms with van der Waals surface area (Å²) in [5.41, 5.74) is 14.0. The third-order valence-corrected chi connectivity index (χ3v) is 14.1. The van der Waals surface area contributed by atoms with Gasteiger partial charge in [-0.25, -0.2) is 4.98 Å². The van der Waals surface area contributed by atoms with Crippen LogP contribution in [0.5, 0.6) is 11.5 Å². The minimum absolute atomic E-state index is 0. The minimum atomic E-state index is -0.247. The molecule has 1 aliphatic rings. The Bertz CT molecular complexity index is 3500. The van der Waals surface area contributed by atoms with Gasteiger partial charge in [-0.2, -0.15) is 12.1 Å². The van der Waals surface area contributed by atoms with Crippen molar-refractivity contribution in [1.82, 2.24) is 9.55 Å². The van der Waals surface area contributed by atoms with Crippen LogP contribution in [0, 0.1) is 18.8 Å². The van der Waals surface area contributed by atoms with Gasteiger partial charge in [-0.1, -0.05) is 175 Å². The Morgan fingerprint density at radius 1 is 0.471 bits per heavy atom.